The van der Waals surface area contributed by atoms with Crippen molar-refractivity contribution >= 4 is 33.3 Å². The first-order chi connectivity index (χ1) is 9.06. The van der Waals surface area contributed by atoms with Crippen LogP contribution in [-0.4, -0.2) is 18.2 Å². The molecule has 0 aromatic heterocycles. The van der Waals surface area contributed by atoms with Gasteiger partial charge in [0.2, 0.25) is 5.91 Å². The summed E-state index contributed by atoms with van der Waals surface area (Å²) < 4.78 is 14.4. The number of benzene rings is 1. The fourth-order valence-electron chi connectivity index (χ4n) is 2.36. The standard InChI is InChI=1S/C14H15BrFNO2/c1-2-12(18)9-5-4-8-17(14(9)19)11-7-3-6-10(15)13(11)16/h3,6-7,9H,2,4-5,8H2,1H3. The van der Waals surface area contributed by atoms with Gasteiger partial charge in [0.25, 0.3) is 0 Å². The highest BCUT2D eigenvalue weighted by Crippen LogP contribution is 2.30. The molecule has 1 unspecified atom stereocenters. The van der Waals surface area contributed by atoms with E-state index in [1.54, 1.807) is 25.1 Å². The van der Waals surface area contributed by atoms with Crippen molar-refractivity contribution in [2.75, 3.05) is 11.4 Å². The maximum atomic E-state index is 14.0. The van der Waals surface area contributed by atoms with E-state index in [9.17, 15) is 14.0 Å². The summed E-state index contributed by atoms with van der Waals surface area (Å²) in [5.74, 6) is -1.42. The first-order valence-electron chi connectivity index (χ1n) is 6.34. The molecule has 3 nitrogen and oxygen atoms in total. The molecule has 0 bridgehead atoms. The van der Waals surface area contributed by atoms with E-state index in [2.05, 4.69) is 15.9 Å². The van der Waals surface area contributed by atoms with Crippen LogP contribution in [0.1, 0.15) is 26.2 Å². The van der Waals surface area contributed by atoms with E-state index in [-0.39, 0.29) is 17.4 Å². The minimum Gasteiger partial charge on any atom is -0.309 e. The fourth-order valence-corrected chi connectivity index (χ4v) is 2.72. The largest absolute Gasteiger partial charge is 0.309 e. The first kappa shape index (κ1) is 14.2. The number of hydrogen-bond donors (Lipinski definition) is 0. The molecule has 1 atom stereocenters. The monoisotopic (exact) mass is 327 g/mol. The summed E-state index contributed by atoms with van der Waals surface area (Å²) in [6.45, 7) is 2.20. The zero-order valence-electron chi connectivity index (χ0n) is 10.7. The van der Waals surface area contributed by atoms with Gasteiger partial charge in [-0.05, 0) is 40.9 Å². The Hall–Kier alpha value is -1.23. The van der Waals surface area contributed by atoms with Crippen LogP contribution < -0.4 is 4.90 Å². The Morgan fingerprint density at radius 3 is 2.95 bits per heavy atom. The average Bonchev–Trinajstić information content (AvgIpc) is 2.42. The molecule has 1 aromatic carbocycles. The second-order valence-electron chi connectivity index (χ2n) is 4.58. The zero-order valence-corrected chi connectivity index (χ0v) is 12.2. The Morgan fingerprint density at radius 2 is 2.26 bits per heavy atom. The molecule has 1 aliphatic rings. The normalized spacial score (nSPS) is 19.6. The Labute approximate surface area is 119 Å². The molecule has 0 spiro atoms. The summed E-state index contributed by atoms with van der Waals surface area (Å²) in [7, 11) is 0. The molecule has 2 rings (SSSR count). The molecule has 1 aliphatic heterocycles. The smallest absolute Gasteiger partial charge is 0.237 e. The predicted molar refractivity (Wildman–Crippen MR) is 74.5 cm³/mol. The molecule has 5 heteroatoms. The van der Waals surface area contributed by atoms with Crippen molar-refractivity contribution in [3.63, 3.8) is 0 Å². The number of piperidine rings is 1. The van der Waals surface area contributed by atoms with Crippen molar-refractivity contribution in [2.24, 2.45) is 5.92 Å². The van der Waals surface area contributed by atoms with Crippen LogP contribution in [0.2, 0.25) is 0 Å². The van der Waals surface area contributed by atoms with Crippen LogP contribution >= 0.6 is 15.9 Å². The highest BCUT2D eigenvalue weighted by molar-refractivity contribution is 9.10. The Morgan fingerprint density at radius 1 is 1.53 bits per heavy atom. The summed E-state index contributed by atoms with van der Waals surface area (Å²) in [5.41, 5.74) is 0.243. The summed E-state index contributed by atoms with van der Waals surface area (Å²) in [4.78, 5) is 25.5. The molecule has 0 aliphatic carbocycles. The predicted octanol–water partition coefficient (Wildman–Crippen LogP) is 3.31. The van der Waals surface area contributed by atoms with Crippen LogP contribution in [0.3, 0.4) is 0 Å². The van der Waals surface area contributed by atoms with Gasteiger partial charge in [-0.3, -0.25) is 9.59 Å². The number of amides is 1. The number of carbonyl (C=O) groups excluding carboxylic acids is 2. The third-order valence-corrected chi connectivity index (χ3v) is 4.01. The lowest BCUT2D eigenvalue weighted by atomic mass is 9.91. The quantitative estimate of drug-likeness (QED) is 0.799. The molecule has 102 valence electrons. The third kappa shape index (κ3) is 2.71. The van der Waals surface area contributed by atoms with E-state index >= 15 is 0 Å². The average molecular weight is 328 g/mol. The Balaban J connectivity index is 2.32. The summed E-state index contributed by atoms with van der Waals surface area (Å²) in [6.07, 6.45) is 1.62. The summed E-state index contributed by atoms with van der Waals surface area (Å²) >= 11 is 3.11. The topological polar surface area (TPSA) is 37.4 Å². The molecule has 1 aromatic rings. The van der Waals surface area contributed by atoms with Gasteiger partial charge in [-0.2, -0.15) is 0 Å². The van der Waals surface area contributed by atoms with Crippen LogP contribution in [0.15, 0.2) is 22.7 Å². The first-order valence-corrected chi connectivity index (χ1v) is 7.13. The number of halogens is 2. The lowest BCUT2D eigenvalue weighted by molar-refractivity contribution is -0.133. The van der Waals surface area contributed by atoms with Crippen LogP contribution in [-0.2, 0) is 9.59 Å². The van der Waals surface area contributed by atoms with Crippen LogP contribution in [0.4, 0.5) is 10.1 Å². The fraction of sp³-hybridized carbons (Fsp3) is 0.429. The maximum absolute atomic E-state index is 14.0. The van der Waals surface area contributed by atoms with Crippen molar-refractivity contribution < 1.29 is 14.0 Å². The van der Waals surface area contributed by atoms with Crippen molar-refractivity contribution in [3.05, 3.63) is 28.5 Å². The van der Waals surface area contributed by atoms with Crippen LogP contribution in [0.5, 0.6) is 0 Å². The van der Waals surface area contributed by atoms with E-state index < -0.39 is 11.7 Å². The molecular weight excluding hydrogens is 313 g/mol. The van der Waals surface area contributed by atoms with Gasteiger partial charge in [0.05, 0.1) is 16.1 Å². The lowest BCUT2D eigenvalue weighted by Gasteiger charge is -2.31. The molecule has 1 heterocycles. The van der Waals surface area contributed by atoms with Gasteiger partial charge in [0.1, 0.15) is 5.78 Å². The molecule has 0 saturated carbocycles. The highest BCUT2D eigenvalue weighted by atomic mass is 79.9. The Bertz CT molecular complexity index is 518. The van der Waals surface area contributed by atoms with Crippen molar-refractivity contribution in [1.29, 1.82) is 0 Å². The number of Topliss-reactive ketones (excluding diaryl/α,β-unsaturated/α-hetero) is 1. The lowest BCUT2D eigenvalue weighted by Crippen LogP contribution is -2.44. The SMILES string of the molecule is CCC(=O)C1CCCN(c2cccc(Br)c2F)C1=O. The third-order valence-electron chi connectivity index (χ3n) is 3.40. The molecule has 0 N–H and O–H groups in total. The van der Waals surface area contributed by atoms with Gasteiger partial charge in [0, 0.05) is 13.0 Å². The van der Waals surface area contributed by atoms with Crippen LogP contribution in [0, 0.1) is 11.7 Å². The van der Waals surface area contributed by atoms with E-state index in [1.165, 1.54) is 4.90 Å². The minimum atomic E-state index is -0.614. The van der Waals surface area contributed by atoms with E-state index in [1.807, 2.05) is 0 Å². The van der Waals surface area contributed by atoms with E-state index in [0.717, 1.165) is 0 Å². The number of nitrogens with zero attached hydrogens (tertiary/aromatic N) is 1. The number of anilines is 1. The molecule has 1 amide bonds. The Kier molecular flexibility index (Phi) is 4.34. The number of carbonyl (C=O) groups is 2. The van der Waals surface area contributed by atoms with Crippen molar-refractivity contribution in [1.82, 2.24) is 0 Å². The zero-order chi connectivity index (χ0) is 14.0. The van der Waals surface area contributed by atoms with Gasteiger partial charge >= 0.3 is 0 Å². The molecular formula is C14H15BrFNO2. The number of hydrogen-bond acceptors (Lipinski definition) is 2. The van der Waals surface area contributed by atoms with Gasteiger partial charge < -0.3 is 4.90 Å². The van der Waals surface area contributed by atoms with Crippen molar-refractivity contribution in [3.8, 4) is 0 Å². The van der Waals surface area contributed by atoms with Gasteiger partial charge in [-0.1, -0.05) is 13.0 Å². The summed E-state index contributed by atoms with van der Waals surface area (Å²) in [5, 5.41) is 0. The second-order valence-corrected chi connectivity index (χ2v) is 5.43. The molecule has 19 heavy (non-hydrogen) atoms. The van der Waals surface area contributed by atoms with Gasteiger partial charge in [-0.25, -0.2) is 4.39 Å². The van der Waals surface area contributed by atoms with Gasteiger partial charge in [-0.15, -0.1) is 0 Å². The van der Waals surface area contributed by atoms with Crippen molar-refractivity contribution in [2.45, 2.75) is 26.2 Å². The number of ketones is 1. The van der Waals surface area contributed by atoms with E-state index in [4.69, 9.17) is 0 Å². The molecule has 0 radical (unpaired) electrons. The molecule has 1 fully saturated rings. The van der Waals surface area contributed by atoms with Gasteiger partial charge in [0.15, 0.2) is 5.82 Å². The highest BCUT2D eigenvalue weighted by Gasteiger charge is 2.34. The summed E-state index contributed by atoms with van der Waals surface area (Å²) in [6, 6.07) is 4.83. The number of rotatable bonds is 3. The second kappa shape index (κ2) is 5.82. The van der Waals surface area contributed by atoms with E-state index in [0.29, 0.717) is 30.3 Å². The van der Waals surface area contributed by atoms with Crippen LogP contribution in [0.25, 0.3) is 0 Å². The molecule has 1 saturated heterocycles. The maximum Gasteiger partial charge on any atom is 0.237 e. The minimum absolute atomic E-state index is 0.0647.